The molecule has 2 N–H and O–H groups in total. The fourth-order valence-electron chi connectivity index (χ4n) is 2.85. The zero-order valence-electron chi connectivity index (χ0n) is 17.0. The van der Waals surface area contributed by atoms with Crippen molar-refractivity contribution < 1.29 is 18.3 Å². The van der Waals surface area contributed by atoms with E-state index in [2.05, 4.69) is 25.8 Å². The Morgan fingerprint density at radius 3 is 2.83 bits per heavy atom. The SMILES string of the molecule is Cc1nnc(CN=C(NCCOc2ccc(F)cc2F)NCC2CCCO2)n1C.I. The monoisotopic (exact) mass is 536 g/mol. The smallest absolute Gasteiger partial charge is 0.191 e. The lowest BCUT2D eigenvalue weighted by atomic mass is 10.2. The van der Waals surface area contributed by atoms with E-state index in [0.29, 0.717) is 25.6 Å². The van der Waals surface area contributed by atoms with Gasteiger partial charge in [-0.2, -0.15) is 0 Å². The number of aliphatic imine (C=N–C) groups is 1. The lowest BCUT2D eigenvalue weighted by Gasteiger charge is -2.16. The maximum absolute atomic E-state index is 13.6. The first-order valence-electron chi connectivity index (χ1n) is 9.59. The van der Waals surface area contributed by atoms with Crippen molar-refractivity contribution in [3.05, 3.63) is 41.5 Å². The van der Waals surface area contributed by atoms with Gasteiger partial charge in [-0.25, -0.2) is 13.8 Å². The average molecular weight is 536 g/mol. The van der Waals surface area contributed by atoms with Crippen LogP contribution in [0.25, 0.3) is 0 Å². The number of nitrogens with one attached hydrogen (secondary N) is 2. The van der Waals surface area contributed by atoms with Crippen LogP contribution in [-0.4, -0.2) is 53.1 Å². The number of aromatic nitrogens is 3. The van der Waals surface area contributed by atoms with Crippen LogP contribution in [-0.2, 0) is 18.3 Å². The number of nitrogens with zero attached hydrogens (tertiary/aromatic N) is 4. The molecule has 8 nitrogen and oxygen atoms in total. The molecule has 1 aliphatic heterocycles. The van der Waals surface area contributed by atoms with E-state index in [-0.39, 0.29) is 42.4 Å². The van der Waals surface area contributed by atoms with Crippen molar-refractivity contribution in [1.82, 2.24) is 25.4 Å². The van der Waals surface area contributed by atoms with E-state index in [1.165, 1.54) is 6.07 Å². The van der Waals surface area contributed by atoms with Crippen molar-refractivity contribution in [2.24, 2.45) is 12.0 Å². The van der Waals surface area contributed by atoms with Crippen molar-refractivity contribution in [3.63, 3.8) is 0 Å². The normalized spacial score (nSPS) is 16.3. The second-order valence-corrected chi connectivity index (χ2v) is 6.75. The molecule has 1 aromatic heterocycles. The van der Waals surface area contributed by atoms with Crippen LogP contribution < -0.4 is 15.4 Å². The maximum atomic E-state index is 13.6. The van der Waals surface area contributed by atoms with Crippen LogP contribution in [0.15, 0.2) is 23.2 Å². The summed E-state index contributed by atoms with van der Waals surface area (Å²) < 4.78 is 39.5. The van der Waals surface area contributed by atoms with Crippen molar-refractivity contribution >= 4 is 29.9 Å². The number of hydrogen-bond acceptors (Lipinski definition) is 5. The molecule has 30 heavy (non-hydrogen) atoms. The highest BCUT2D eigenvalue weighted by Gasteiger charge is 2.16. The van der Waals surface area contributed by atoms with E-state index in [4.69, 9.17) is 9.47 Å². The molecule has 166 valence electrons. The molecule has 1 saturated heterocycles. The highest BCUT2D eigenvalue weighted by molar-refractivity contribution is 14.0. The summed E-state index contributed by atoms with van der Waals surface area (Å²) in [5.41, 5.74) is 0. The maximum Gasteiger partial charge on any atom is 0.191 e. The van der Waals surface area contributed by atoms with Crippen molar-refractivity contribution in [2.45, 2.75) is 32.4 Å². The first-order valence-corrected chi connectivity index (χ1v) is 9.59. The van der Waals surface area contributed by atoms with Crippen LogP contribution in [0.3, 0.4) is 0 Å². The van der Waals surface area contributed by atoms with Gasteiger partial charge in [0.15, 0.2) is 23.4 Å². The second-order valence-electron chi connectivity index (χ2n) is 6.75. The summed E-state index contributed by atoms with van der Waals surface area (Å²) in [6, 6.07) is 3.22. The Morgan fingerprint density at radius 1 is 1.33 bits per heavy atom. The van der Waals surface area contributed by atoms with Gasteiger partial charge in [0.25, 0.3) is 0 Å². The number of hydrogen-bond donors (Lipinski definition) is 2. The van der Waals surface area contributed by atoms with Gasteiger partial charge in [0.1, 0.15) is 24.8 Å². The average Bonchev–Trinajstić information content (AvgIpc) is 3.33. The van der Waals surface area contributed by atoms with Gasteiger partial charge >= 0.3 is 0 Å². The third kappa shape index (κ3) is 7.04. The van der Waals surface area contributed by atoms with E-state index in [0.717, 1.165) is 43.2 Å². The quantitative estimate of drug-likeness (QED) is 0.233. The zero-order valence-corrected chi connectivity index (χ0v) is 19.4. The van der Waals surface area contributed by atoms with Crippen molar-refractivity contribution in [1.29, 1.82) is 0 Å². The minimum atomic E-state index is -0.729. The summed E-state index contributed by atoms with van der Waals surface area (Å²) in [7, 11) is 1.89. The van der Waals surface area contributed by atoms with Crippen LogP contribution in [0, 0.1) is 18.6 Å². The Morgan fingerprint density at radius 2 is 2.17 bits per heavy atom. The second kappa shape index (κ2) is 12.0. The number of aryl methyl sites for hydroxylation is 1. The largest absolute Gasteiger partial charge is 0.489 e. The van der Waals surface area contributed by atoms with E-state index in [9.17, 15) is 8.78 Å². The molecule has 0 radical (unpaired) electrons. The van der Waals surface area contributed by atoms with Gasteiger partial charge < -0.3 is 24.7 Å². The van der Waals surface area contributed by atoms with Gasteiger partial charge in [-0.05, 0) is 31.9 Å². The molecule has 3 rings (SSSR count). The molecule has 0 saturated carbocycles. The minimum absolute atomic E-state index is 0. The van der Waals surface area contributed by atoms with E-state index < -0.39 is 11.6 Å². The summed E-state index contributed by atoms with van der Waals surface area (Å²) in [6.45, 7) is 4.21. The predicted molar refractivity (Wildman–Crippen MR) is 119 cm³/mol. The first-order chi connectivity index (χ1) is 14.0. The van der Waals surface area contributed by atoms with Gasteiger partial charge in [-0.3, -0.25) is 0 Å². The van der Waals surface area contributed by atoms with Gasteiger partial charge in [-0.1, -0.05) is 0 Å². The molecule has 2 aromatic rings. The molecule has 1 aromatic carbocycles. The molecule has 1 fully saturated rings. The van der Waals surface area contributed by atoms with Gasteiger partial charge in [0.2, 0.25) is 0 Å². The Bertz CT molecular complexity index is 842. The van der Waals surface area contributed by atoms with Gasteiger partial charge in [0.05, 0.1) is 12.6 Å². The third-order valence-corrected chi connectivity index (χ3v) is 4.63. The summed E-state index contributed by atoms with van der Waals surface area (Å²) in [6.07, 6.45) is 2.22. The molecule has 1 atom stereocenters. The lowest BCUT2D eigenvalue weighted by molar-refractivity contribution is 0.113. The topological polar surface area (TPSA) is 85.6 Å². The van der Waals surface area contributed by atoms with Crippen LogP contribution in [0.2, 0.25) is 0 Å². The number of rotatable bonds is 8. The molecule has 0 amide bonds. The standard InChI is InChI=1S/C19H26F2N6O2.HI/c1-13-25-26-18(27(13)2)12-24-19(23-11-15-4-3-8-28-15)22-7-9-29-17-6-5-14(20)10-16(17)21;/h5-6,10,15H,3-4,7-9,11-12H2,1-2H3,(H2,22,23,24);1H. The lowest BCUT2D eigenvalue weighted by Crippen LogP contribution is -2.42. The Hall–Kier alpha value is -2.02. The zero-order chi connectivity index (χ0) is 20.6. The van der Waals surface area contributed by atoms with E-state index in [1.807, 2.05) is 18.5 Å². The molecule has 1 unspecified atom stereocenters. The van der Waals surface area contributed by atoms with Crippen molar-refractivity contribution in [3.8, 4) is 5.75 Å². The van der Waals surface area contributed by atoms with Crippen LogP contribution in [0.5, 0.6) is 5.75 Å². The third-order valence-electron chi connectivity index (χ3n) is 4.63. The predicted octanol–water partition coefficient (Wildman–Crippen LogP) is 2.31. The van der Waals surface area contributed by atoms with Crippen LogP contribution in [0.1, 0.15) is 24.5 Å². The Kier molecular flexibility index (Phi) is 9.69. The fraction of sp³-hybridized carbons (Fsp3) is 0.526. The molecule has 1 aliphatic rings. The van der Waals surface area contributed by atoms with E-state index in [1.54, 1.807) is 0 Å². The molecule has 11 heteroatoms. The number of benzene rings is 1. The minimum Gasteiger partial charge on any atom is -0.489 e. The van der Waals surface area contributed by atoms with Gasteiger partial charge in [-0.15, -0.1) is 34.2 Å². The fourth-order valence-corrected chi connectivity index (χ4v) is 2.85. The Balaban J connectivity index is 0.00000320. The summed E-state index contributed by atoms with van der Waals surface area (Å²) in [4.78, 5) is 4.54. The van der Waals surface area contributed by atoms with Crippen LogP contribution >= 0.6 is 24.0 Å². The summed E-state index contributed by atoms with van der Waals surface area (Å²) in [5.74, 6) is 0.766. The number of guanidine groups is 1. The number of ether oxygens (including phenoxy) is 2. The molecular formula is C19H27F2IN6O2. The van der Waals surface area contributed by atoms with Gasteiger partial charge in [0, 0.05) is 26.3 Å². The highest BCUT2D eigenvalue weighted by Crippen LogP contribution is 2.17. The molecule has 0 spiro atoms. The molecule has 0 aliphatic carbocycles. The summed E-state index contributed by atoms with van der Waals surface area (Å²) in [5, 5.41) is 14.5. The first kappa shape index (κ1) is 24.3. The highest BCUT2D eigenvalue weighted by atomic mass is 127. The van der Waals surface area contributed by atoms with Crippen molar-refractivity contribution in [2.75, 3.05) is 26.3 Å². The summed E-state index contributed by atoms with van der Waals surface area (Å²) >= 11 is 0. The molecule has 2 heterocycles. The molecular weight excluding hydrogens is 509 g/mol. The Labute approximate surface area is 191 Å². The van der Waals surface area contributed by atoms with Crippen LogP contribution in [0.4, 0.5) is 8.78 Å². The molecule has 0 bridgehead atoms. The van der Waals surface area contributed by atoms with E-state index >= 15 is 0 Å². The number of halogens is 3.